The zero-order chi connectivity index (χ0) is 13.0. The summed E-state index contributed by atoms with van der Waals surface area (Å²) >= 11 is 3.35. The fraction of sp³-hybridized carbons (Fsp3) is 0.200. The van der Waals surface area contributed by atoms with Crippen LogP contribution in [-0.4, -0.2) is 0 Å². The Morgan fingerprint density at radius 3 is 2.61 bits per heavy atom. The number of nitrogens with one attached hydrogen (secondary N) is 1. The van der Waals surface area contributed by atoms with Crippen molar-refractivity contribution in [3.05, 3.63) is 69.9 Å². The molecule has 0 amide bonds. The van der Waals surface area contributed by atoms with Crippen LogP contribution in [0.1, 0.15) is 24.1 Å². The minimum absolute atomic E-state index is 0.175. The molecule has 0 bridgehead atoms. The minimum Gasteiger partial charge on any atom is -0.306 e. The summed E-state index contributed by atoms with van der Waals surface area (Å²) in [6.07, 6.45) is 0. The molecule has 1 nitrogen and oxygen atoms in total. The second kappa shape index (κ2) is 6.12. The van der Waals surface area contributed by atoms with E-state index < -0.39 is 0 Å². The van der Waals surface area contributed by atoms with Gasteiger partial charge in [0, 0.05) is 22.6 Å². The number of halogens is 2. The van der Waals surface area contributed by atoms with Gasteiger partial charge in [-0.15, -0.1) is 0 Å². The molecular formula is C15H15BrFN. The van der Waals surface area contributed by atoms with Crippen LogP contribution < -0.4 is 5.32 Å². The van der Waals surface area contributed by atoms with Gasteiger partial charge in [-0.3, -0.25) is 0 Å². The molecule has 0 fully saturated rings. The van der Waals surface area contributed by atoms with Crippen LogP contribution >= 0.6 is 15.9 Å². The van der Waals surface area contributed by atoms with Gasteiger partial charge >= 0.3 is 0 Å². The summed E-state index contributed by atoms with van der Waals surface area (Å²) in [4.78, 5) is 0. The molecule has 94 valence electrons. The molecule has 0 aliphatic rings. The summed E-state index contributed by atoms with van der Waals surface area (Å²) in [6, 6.07) is 15.3. The Morgan fingerprint density at radius 2 is 1.89 bits per heavy atom. The Bertz CT molecular complexity index is 513. The third-order valence-electron chi connectivity index (χ3n) is 2.91. The van der Waals surface area contributed by atoms with E-state index in [0.29, 0.717) is 12.1 Å². The summed E-state index contributed by atoms with van der Waals surface area (Å²) in [5.41, 5.74) is 1.88. The average molecular weight is 308 g/mol. The van der Waals surface area contributed by atoms with Crippen LogP contribution in [-0.2, 0) is 6.54 Å². The van der Waals surface area contributed by atoms with Gasteiger partial charge in [0.25, 0.3) is 0 Å². The van der Waals surface area contributed by atoms with Crippen LogP contribution in [0.25, 0.3) is 0 Å². The van der Waals surface area contributed by atoms with Crippen molar-refractivity contribution in [3.8, 4) is 0 Å². The van der Waals surface area contributed by atoms with E-state index in [9.17, 15) is 4.39 Å². The molecule has 3 heteroatoms. The van der Waals surface area contributed by atoms with E-state index in [0.717, 1.165) is 4.47 Å². The van der Waals surface area contributed by atoms with Crippen LogP contribution in [0.5, 0.6) is 0 Å². The van der Waals surface area contributed by atoms with Gasteiger partial charge in [0.15, 0.2) is 0 Å². The third-order valence-corrected chi connectivity index (χ3v) is 3.40. The lowest BCUT2D eigenvalue weighted by atomic mass is 10.1. The largest absolute Gasteiger partial charge is 0.306 e. The van der Waals surface area contributed by atoms with Crippen LogP contribution in [0.3, 0.4) is 0 Å². The summed E-state index contributed by atoms with van der Waals surface area (Å²) in [5.74, 6) is -0.175. The van der Waals surface area contributed by atoms with Crippen molar-refractivity contribution in [2.45, 2.75) is 19.5 Å². The van der Waals surface area contributed by atoms with E-state index >= 15 is 0 Å². The molecule has 0 aliphatic carbocycles. The van der Waals surface area contributed by atoms with Crippen molar-refractivity contribution < 1.29 is 4.39 Å². The molecule has 0 saturated carbocycles. The maximum atomic E-state index is 13.6. The van der Waals surface area contributed by atoms with E-state index in [1.807, 2.05) is 18.2 Å². The summed E-state index contributed by atoms with van der Waals surface area (Å²) in [5, 5.41) is 3.32. The lowest BCUT2D eigenvalue weighted by molar-refractivity contribution is 0.544. The highest BCUT2D eigenvalue weighted by molar-refractivity contribution is 9.10. The Kier molecular flexibility index (Phi) is 4.50. The van der Waals surface area contributed by atoms with Crippen molar-refractivity contribution in [2.24, 2.45) is 0 Å². The maximum absolute atomic E-state index is 13.6. The van der Waals surface area contributed by atoms with Crippen LogP contribution in [0, 0.1) is 5.82 Å². The van der Waals surface area contributed by atoms with Gasteiger partial charge in [0.05, 0.1) is 0 Å². The molecule has 0 spiro atoms. The fourth-order valence-corrected chi connectivity index (χ4v) is 2.21. The first-order valence-corrected chi connectivity index (χ1v) is 6.68. The molecule has 1 unspecified atom stereocenters. The molecule has 2 rings (SSSR count). The zero-order valence-corrected chi connectivity index (χ0v) is 11.7. The lowest BCUT2D eigenvalue weighted by Gasteiger charge is -2.14. The van der Waals surface area contributed by atoms with Crippen molar-refractivity contribution >= 4 is 15.9 Å². The van der Waals surface area contributed by atoms with Gasteiger partial charge in [-0.05, 0) is 30.7 Å². The van der Waals surface area contributed by atoms with Crippen molar-refractivity contribution in [1.82, 2.24) is 5.32 Å². The predicted molar refractivity (Wildman–Crippen MR) is 75.8 cm³/mol. The van der Waals surface area contributed by atoms with Gasteiger partial charge in [0.2, 0.25) is 0 Å². The van der Waals surface area contributed by atoms with E-state index in [1.54, 1.807) is 12.1 Å². The molecule has 18 heavy (non-hydrogen) atoms. The normalized spacial score (nSPS) is 12.4. The summed E-state index contributed by atoms with van der Waals surface area (Å²) in [6.45, 7) is 2.59. The highest BCUT2D eigenvalue weighted by atomic mass is 79.9. The van der Waals surface area contributed by atoms with Crippen molar-refractivity contribution in [1.29, 1.82) is 0 Å². The van der Waals surface area contributed by atoms with E-state index in [1.165, 1.54) is 11.6 Å². The Morgan fingerprint density at radius 1 is 1.17 bits per heavy atom. The standard InChI is InChI=1S/C15H15BrFN/c1-11(12-5-3-2-4-6-12)18-10-13-9-14(16)7-8-15(13)17/h2-9,11,18H,10H2,1H3. The van der Waals surface area contributed by atoms with Gasteiger partial charge < -0.3 is 5.32 Å². The first-order chi connectivity index (χ1) is 8.66. The second-order valence-corrected chi connectivity index (χ2v) is 5.16. The number of benzene rings is 2. The smallest absolute Gasteiger partial charge is 0.127 e. The summed E-state index contributed by atoms with van der Waals surface area (Å²) < 4.78 is 14.5. The lowest BCUT2D eigenvalue weighted by Crippen LogP contribution is -2.18. The van der Waals surface area contributed by atoms with Crippen molar-refractivity contribution in [3.63, 3.8) is 0 Å². The van der Waals surface area contributed by atoms with E-state index in [2.05, 4.69) is 40.3 Å². The Balaban J connectivity index is 2.01. The SMILES string of the molecule is CC(NCc1cc(Br)ccc1F)c1ccccc1. The quantitative estimate of drug-likeness (QED) is 0.880. The third kappa shape index (κ3) is 3.40. The molecule has 0 aromatic heterocycles. The molecule has 0 saturated heterocycles. The zero-order valence-electron chi connectivity index (χ0n) is 10.2. The maximum Gasteiger partial charge on any atom is 0.127 e. The van der Waals surface area contributed by atoms with Crippen LogP contribution in [0.2, 0.25) is 0 Å². The van der Waals surface area contributed by atoms with Gasteiger partial charge in [0.1, 0.15) is 5.82 Å². The molecule has 2 aromatic carbocycles. The molecule has 0 radical (unpaired) electrons. The van der Waals surface area contributed by atoms with Crippen molar-refractivity contribution in [2.75, 3.05) is 0 Å². The number of rotatable bonds is 4. The van der Waals surface area contributed by atoms with E-state index in [-0.39, 0.29) is 11.9 Å². The highest BCUT2D eigenvalue weighted by Crippen LogP contribution is 2.17. The van der Waals surface area contributed by atoms with Gasteiger partial charge in [-0.25, -0.2) is 4.39 Å². The van der Waals surface area contributed by atoms with E-state index in [4.69, 9.17) is 0 Å². The fourth-order valence-electron chi connectivity index (χ4n) is 1.80. The van der Waals surface area contributed by atoms with Gasteiger partial charge in [-0.2, -0.15) is 0 Å². The minimum atomic E-state index is -0.175. The number of hydrogen-bond acceptors (Lipinski definition) is 1. The van der Waals surface area contributed by atoms with Crippen LogP contribution in [0.4, 0.5) is 4.39 Å². The first kappa shape index (κ1) is 13.2. The summed E-state index contributed by atoms with van der Waals surface area (Å²) in [7, 11) is 0. The molecule has 0 aliphatic heterocycles. The Hall–Kier alpha value is -1.19. The van der Waals surface area contributed by atoms with Crippen LogP contribution in [0.15, 0.2) is 53.0 Å². The molecule has 1 atom stereocenters. The molecule has 2 aromatic rings. The molecule has 0 heterocycles. The first-order valence-electron chi connectivity index (χ1n) is 5.89. The van der Waals surface area contributed by atoms with Gasteiger partial charge in [-0.1, -0.05) is 46.3 Å². The predicted octanol–water partition coefficient (Wildman–Crippen LogP) is 4.44. The molecule has 1 N–H and O–H groups in total. The average Bonchev–Trinajstić information content (AvgIpc) is 2.40. The Labute approximate surface area is 115 Å². The monoisotopic (exact) mass is 307 g/mol. The highest BCUT2D eigenvalue weighted by Gasteiger charge is 2.07. The topological polar surface area (TPSA) is 12.0 Å². The molecular weight excluding hydrogens is 293 g/mol. The number of hydrogen-bond donors (Lipinski definition) is 1. The second-order valence-electron chi connectivity index (χ2n) is 4.25.